The van der Waals surface area contributed by atoms with Crippen LogP contribution < -0.4 is 10.9 Å². The number of para-hydroxylation sites is 4. The molecule has 0 fully saturated rings. The molecule has 2 heterocycles. The zero-order chi connectivity index (χ0) is 32.2. The molecule has 0 amide bonds. The van der Waals surface area contributed by atoms with Crippen LogP contribution in [0.5, 0.6) is 0 Å². The quantitative estimate of drug-likeness (QED) is 0.146. The van der Waals surface area contributed by atoms with Crippen LogP contribution in [0.25, 0.3) is 77.2 Å². The molecule has 0 saturated carbocycles. The molecule has 0 unspecified atom stereocenters. The summed E-state index contributed by atoms with van der Waals surface area (Å²) >= 11 is 0. The fourth-order valence-electron chi connectivity index (χ4n) is 7.31. The van der Waals surface area contributed by atoms with E-state index in [4.69, 9.17) is 0 Å². The highest BCUT2D eigenvalue weighted by Crippen LogP contribution is 2.45. The molecule has 4 heteroatoms. The summed E-state index contributed by atoms with van der Waals surface area (Å²) in [4.78, 5) is 30.3. The van der Waals surface area contributed by atoms with Crippen molar-refractivity contribution in [3.05, 3.63) is 190 Å². The molecule has 0 spiro atoms. The highest BCUT2D eigenvalue weighted by Gasteiger charge is 2.28. The molecule has 0 aliphatic heterocycles. The van der Waals surface area contributed by atoms with Crippen LogP contribution in [0.2, 0.25) is 0 Å². The predicted molar refractivity (Wildman–Crippen MR) is 199 cm³/mol. The number of pyridine rings is 2. The average Bonchev–Trinajstić information content (AvgIpc) is 3.16. The van der Waals surface area contributed by atoms with Crippen molar-refractivity contribution in [2.45, 2.75) is 0 Å². The molecule has 0 radical (unpaired) electrons. The van der Waals surface area contributed by atoms with Gasteiger partial charge in [-0.05, 0) is 59.7 Å². The first kappa shape index (κ1) is 27.8. The van der Waals surface area contributed by atoms with Crippen molar-refractivity contribution in [2.24, 2.45) is 0 Å². The number of fused-ring (bicyclic) bond motifs is 5. The number of aromatic nitrogens is 2. The van der Waals surface area contributed by atoms with E-state index < -0.39 is 0 Å². The van der Waals surface area contributed by atoms with Crippen molar-refractivity contribution in [1.29, 1.82) is 0 Å². The van der Waals surface area contributed by atoms with E-state index in [2.05, 4.69) is 45.5 Å². The highest BCUT2D eigenvalue weighted by atomic mass is 16.1. The molecule has 4 nitrogen and oxygen atoms in total. The van der Waals surface area contributed by atoms with Crippen molar-refractivity contribution in [1.82, 2.24) is 9.13 Å². The summed E-state index contributed by atoms with van der Waals surface area (Å²) in [5, 5.41) is 2.19. The van der Waals surface area contributed by atoms with Gasteiger partial charge in [-0.25, -0.2) is 0 Å². The lowest BCUT2D eigenvalue weighted by Crippen LogP contribution is -2.18. The normalized spacial score (nSPS) is 11.5. The molecule has 7 aromatic carbocycles. The lowest BCUT2D eigenvalue weighted by molar-refractivity contribution is 1.15. The molecule has 0 saturated heterocycles. The summed E-state index contributed by atoms with van der Waals surface area (Å²) in [5.41, 5.74) is 7.90. The third-order valence-electron chi connectivity index (χ3n) is 9.28. The topological polar surface area (TPSA) is 44.0 Å². The number of hydrogen-bond acceptors (Lipinski definition) is 2. The van der Waals surface area contributed by atoms with E-state index in [0.717, 1.165) is 50.2 Å². The van der Waals surface area contributed by atoms with Crippen LogP contribution in [0.15, 0.2) is 179 Å². The SMILES string of the molecule is O=c1c2ccccc2n(-c2ccccc2)c2c1c(-c1ccccc1)c(-c1ccccc1)c1c2c(=O)c2ccccc2n1-c1ccccc1. The second kappa shape index (κ2) is 11.1. The van der Waals surface area contributed by atoms with Crippen LogP contribution in [0.4, 0.5) is 0 Å². The highest BCUT2D eigenvalue weighted by molar-refractivity contribution is 6.23. The first-order chi connectivity index (χ1) is 23.7. The predicted octanol–water partition coefficient (Wildman–Crippen LogP) is 9.94. The molecule has 9 aromatic rings. The Bertz CT molecular complexity index is 2790. The molecule has 9 rings (SSSR count). The molecular formula is C44H28N2O2. The number of nitrogens with zero attached hydrogens (tertiary/aromatic N) is 2. The zero-order valence-corrected chi connectivity index (χ0v) is 25.9. The summed E-state index contributed by atoms with van der Waals surface area (Å²) in [6.45, 7) is 0. The third kappa shape index (κ3) is 4.10. The van der Waals surface area contributed by atoms with Gasteiger partial charge in [0, 0.05) is 33.3 Å². The second-order valence-corrected chi connectivity index (χ2v) is 12.0. The molecule has 0 N–H and O–H groups in total. The maximum Gasteiger partial charge on any atom is 0.199 e. The van der Waals surface area contributed by atoms with Gasteiger partial charge in [0.1, 0.15) is 0 Å². The van der Waals surface area contributed by atoms with Crippen molar-refractivity contribution in [2.75, 3.05) is 0 Å². The van der Waals surface area contributed by atoms with Gasteiger partial charge in [0.2, 0.25) is 0 Å². The van der Waals surface area contributed by atoms with Crippen LogP contribution in [0.1, 0.15) is 0 Å². The van der Waals surface area contributed by atoms with Crippen molar-refractivity contribution in [3.8, 4) is 33.6 Å². The van der Waals surface area contributed by atoms with Crippen LogP contribution in [-0.4, -0.2) is 9.13 Å². The van der Waals surface area contributed by atoms with E-state index in [-0.39, 0.29) is 10.9 Å². The molecular weight excluding hydrogens is 588 g/mol. The Hall–Kier alpha value is -6.52. The van der Waals surface area contributed by atoms with Crippen molar-refractivity contribution in [3.63, 3.8) is 0 Å². The summed E-state index contributed by atoms with van der Waals surface area (Å²) in [7, 11) is 0. The van der Waals surface area contributed by atoms with Gasteiger partial charge in [-0.1, -0.05) is 121 Å². The first-order valence-electron chi connectivity index (χ1n) is 16.0. The largest absolute Gasteiger partial charge is 0.308 e. The summed E-state index contributed by atoms with van der Waals surface area (Å²) < 4.78 is 4.32. The summed E-state index contributed by atoms with van der Waals surface area (Å²) in [6, 6.07) is 55.9. The zero-order valence-electron chi connectivity index (χ0n) is 25.9. The molecule has 226 valence electrons. The number of benzene rings is 7. The Morgan fingerprint density at radius 1 is 0.333 bits per heavy atom. The minimum absolute atomic E-state index is 0.107. The van der Waals surface area contributed by atoms with Crippen molar-refractivity contribution >= 4 is 43.6 Å². The second-order valence-electron chi connectivity index (χ2n) is 12.0. The maximum atomic E-state index is 15.2. The van der Waals surface area contributed by atoms with Gasteiger partial charge in [-0.3, -0.25) is 9.59 Å². The summed E-state index contributed by atoms with van der Waals surface area (Å²) in [6.07, 6.45) is 0. The Labute approximate surface area is 276 Å². The van der Waals surface area contributed by atoms with Gasteiger partial charge in [0.05, 0.1) is 32.8 Å². The monoisotopic (exact) mass is 616 g/mol. The molecule has 0 atom stereocenters. The van der Waals surface area contributed by atoms with Gasteiger partial charge in [-0.2, -0.15) is 0 Å². The first-order valence-corrected chi connectivity index (χ1v) is 16.0. The fraction of sp³-hybridized carbons (Fsp3) is 0. The van der Waals surface area contributed by atoms with Gasteiger partial charge < -0.3 is 9.13 Å². The van der Waals surface area contributed by atoms with Crippen LogP contribution in [0.3, 0.4) is 0 Å². The molecule has 0 aliphatic carbocycles. The lowest BCUT2D eigenvalue weighted by Gasteiger charge is -2.25. The average molecular weight is 617 g/mol. The van der Waals surface area contributed by atoms with Gasteiger partial charge in [-0.15, -0.1) is 0 Å². The van der Waals surface area contributed by atoms with E-state index >= 15 is 9.59 Å². The van der Waals surface area contributed by atoms with Crippen LogP contribution >= 0.6 is 0 Å². The van der Waals surface area contributed by atoms with Gasteiger partial charge in [0.15, 0.2) is 10.9 Å². The van der Waals surface area contributed by atoms with E-state index in [0.29, 0.717) is 27.1 Å². The minimum atomic E-state index is -0.117. The Kier molecular flexibility index (Phi) is 6.41. The lowest BCUT2D eigenvalue weighted by atomic mass is 9.86. The Balaban J connectivity index is 1.74. The van der Waals surface area contributed by atoms with E-state index in [1.165, 1.54) is 0 Å². The molecule has 0 bridgehead atoms. The van der Waals surface area contributed by atoms with Crippen LogP contribution in [0, 0.1) is 0 Å². The number of rotatable bonds is 4. The minimum Gasteiger partial charge on any atom is -0.308 e. The van der Waals surface area contributed by atoms with Gasteiger partial charge in [0.25, 0.3) is 0 Å². The van der Waals surface area contributed by atoms with Gasteiger partial charge >= 0.3 is 0 Å². The Morgan fingerprint density at radius 2 is 0.708 bits per heavy atom. The summed E-state index contributed by atoms with van der Waals surface area (Å²) in [5.74, 6) is 0. The maximum absolute atomic E-state index is 15.2. The van der Waals surface area contributed by atoms with E-state index in [1.54, 1.807) is 0 Å². The molecule has 48 heavy (non-hydrogen) atoms. The van der Waals surface area contributed by atoms with E-state index in [1.807, 2.05) is 133 Å². The molecule has 2 aromatic heterocycles. The molecule has 0 aliphatic rings. The number of hydrogen-bond donors (Lipinski definition) is 0. The standard InChI is InChI=1S/C44H28N2O2/c47-43-33-25-13-15-27-35(33)46(32-23-11-4-12-24-32)42-39(43)37(29-17-5-1-6-18-29)38(30-19-7-2-8-20-30)41-40(42)44(48)34-26-14-16-28-36(34)45(41)31-21-9-3-10-22-31/h1-28H. The van der Waals surface area contributed by atoms with Crippen LogP contribution in [-0.2, 0) is 0 Å². The smallest absolute Gasteiger partial charge is 0.199 e. The third-order valence-corrected chi connectivity index (χ3v) is 9.28. The fourth-order valence-corrected chi connectivity index (χ4v) is 7.31. The van der Waals surface area contributed by atoms with Crippen molar-refractivity contribution < 1.29 is 0 Å². The van der Waals surface area contributed by atoms with E-state index in [9.17, 15) is 0 Å². The Morgan fingerprint density at radius 3 is 1.21 bits per heavy atom.